The van der Waals surface area contributed by atoms with Crippen LogP contribution in [0.3, 0.4) is 0 Å². The fourth-order valence-corrected chi connectivity index (χ4v) is 4.17. The molecule has 2 aromatic heterocycles. The summed E-state index contributed by atoms with van der Waals surface area (Å²) in [4.78, 5) is 18.2. The van der Waals surface area contributed by atoms with Gasteiger partial charge in [-0.3, -0.25) is 0 Å². The van der Waals surface area contributed by atoms with Crippen LogP contribution in [0.25, 0.3) is 11.2 Å². The van der Waals surface area contributed by atoms with Gasteiger partial charge in [0.2, 0.25) is 36.7 Å². The quantitative estimate of drug-likeness (QED) is 0.654. The highest BCUT2D eigenvalue weighted by atomic mass is 28.4. The molecule has 2 aromatic rings. The molecule has 0 amide bonds. The monoisotopic (exact) mass is 410 g/mol. The van der Waals surface area contributed by atoms with E-state index in [1.807, 2.05) is 6.92 Å². The van der Waals surface area contributed by atoms with E-state index in [9.17, 15) is 0 Å². The molecule has 0 spiro atoms. The van der Waals surface area contributed by atoms with Gasteiger partial charge in [-0.1, -0.05) is 0 Å². The van der Waals surface area contributed by atoms with Gasteiger partial charge in [0.1, 0.15) is 0 Å². The lowest BCUT2D eigenvalue weighted by Crippen LogP contribution is -2.32. The molecule has 0 bridgehead atoms. The van der Waals surface area contributed by atoms with E-state index in [4.69, 9.17) is 13.3 Å². The van der Waals surface area contributed by atoms with Crippen LogP contribution in [0.15, 0.2) is 0 Å². The number of rotatable bonds is 6. The van der Waals surface area contributed by atoms with Crippen LogP contribution in [0, 0.1) is 6.92 Å². The third-order valence-electron chi connectivity index (χ3n) is 2.81. The van der Waals surface area contributed by atoms with Crippen molar-refractivity contribution in [1.82, 2.24) is 19.9 Å². The summed E-state index contributed by atoms with van der Waals surface area (Å²) in [5, 5.41) is 0. The van der Waals surface area contributed by atoms with Gasteiger partial charge in [-0.05, 0) is 65.8 Å². The highest BCUT2D eigenvalue weighted by Crippen LogP contribution is 2.29. The Morgan fingerprint density at radius 2 is 1.08 bits per heavy atom. The van der Waals surface area contributed by atoms with Gasteiger partial charge in [0.25, 0.3) is 0 Å². The van der Waals surface area contributed by atoms with Crippen molar-refractivity contribution in [2.45, 2.75) is 65.8 Å². The highest BCUT2D eigenvalue weighted by molar-refractivity contribution is 6.71. The summed E-state index contributed by atoms with van der Waals surface area (Å²) in [5.41, 5.74) is 1.71. The molecular weight excluding hydrogens is 380 g/mol. The van der Waals surface area contributed by atoms with E-state index in [0.717, 1.165) is 0 Å². The molecule has 144 valence electrons. The predicted molar refractivity (Wildman–Crippen MR) is 112 cm³/mol. The van der Waals surface area contributed by atoms with Crippen LogP contribution in [-0.4, -0.2) is 44.9 Å². The largest absolute Gasteiger partial charge is 0.530 e. The zero-order valence-electron chi connectivity index (χ0n) is 17.5. The first-order chi connectivity index (χ1) is 11.6. The maximum atomic E-state index is 6.15. The minimum Gasteiger partial charge on any atom is -0.530 e. The molecule has 0 atom stereocenters. The minimum atomic E-state index is -1.89. The zero-order valence-corrected chi connectivity index (χ0v) is 20.5. The summed E-state index contributed by atoms with van der Waals surface area (Å²) in [7, 11) is -5.58. The normalized spacial score (nSPS) is 13.0. The van der Waals surface area contributed by atoms with Crippen molar-refractivity contribution >= 4 is 36.1 Å². The summed E-state index contributed by atoms with van der Waals surface area (Å²) in [6.45, 7) is 20.8. The second kappa shape index (κ2) is 6.89. The molecule has 7 nitrogen and oxygen atoms in total. The van der Waals surface area contributed by atoms with Crippen LogP contribution in [0.5, 0.6) is 17.8 Å². The van der Waals surface area contributed by atoms with E-state index in [-0.39, 0.29) is 0 Å². The molecule has 0 saturated carbocycles. The van der Waals surface area contributed by atoms with Crippen molar-refractivity contribution in [3.05, 3.63) is 5.69 Å². The lowest BCUT2D eigenvalue weighted by atomic mass is 10.4. The molecule has 0 aliphatic rings. The van der Waals surface area contributed by atoms with Gasteiger partial charge < -0.3 is 13.3 Å². The third-order valence-corrected chi connectivity index (χ3v) is 5.22. The standard InChI is InChI=1S/C16H30N4O3Si3/c1-11-14(21-24(2,3)4)18-13-12(17-11)15(22-25(5,6)7)20-16(19-13)23-26(8,9)10/h1-10H3. The van der Waals surface area contributed by atoms with Crippen LogP contribution in [0.4, 0.5) is 0 Å². The molecule has 0 aliphatic carbocycles. The molecule has 0 N–H and O–H groups in total. The number of aryl methyl sites for hydroxylation is 1. The average molecular weight is 411 g/mol. The molecule has 0 unspecified atom stereocenters. The topological polar surface area (TPSA) is 79.3 Å². The van der Waals surface area contributed by atoms with Crippen molar-refractivity contribution in [2.75, 3.05) is 0 Å². The van der Waals surface area contributed by atoms with Gasteiger partial charge in [0.05, 0.1) is 5.69 Å². The van der Waals surface area contributed by atoms with Crippen molar-refractivity contribution in [2.24, 2.45) is 0 Å². The molecule has 26 heavy (non-hydrogen) atoms. The Kier molecular flexibility index (Phi) is 5.51. The maximum Gasteiger partial charge on any atom is 0.308 e. The van der Waals surface area contributed by atoms with Crippen LogP contribution in [0.1, 0.15) is 5.69 Å². The first-order valence-electron chi connectivity index (χ1n) is 8.76. The maximum absolute atomic E-state index is 6.15. The molecular formula is C16H30N4O3Si3. The average Bonchev–Trinajstić information content (AvgIpc) is 2.35. The number of fused-ring (bicyclic) bond motifs is 1. The Morgan fingerprint density at radius 1 is 0.577 bits per heavy atom. The fourth-order valence-electron chi connectivity index (χ4n) is 2.04. The lowest BCUT2D eigenvalue weighted by Gasteiger charge is -2.23. The van der Waals surface area contributed by atoms with Crippen molar-refractivity contribution in [1.29, 1.82) is 0 Å². The smallest absolute Gasteiger partial charge is 0.308 e. The van der Waals surface area contributed by atoms with E-state index in [0.29, 0.717) is 34.6 Å². The summed E-state index contributed by atoms with van der Waals surface area (Å²) in [6.07, 6.45) is 0. The van der Waals surface area contributed by atoms with E-state index < -0.39 is 25.0 Å². The summed E-state index contributed by atoms with van der Waals surface area (Å²) >= 11 is 0. The third kappa shape index (κ3) is 6.02. The van der Waals surface area contributed by atoms with E-state index in [1.54, 1.807) is 0 Å². The second-order valence-corrected chi connectivity index (χ2v) is 22.5. The Morgan fingerprint density at radius 3 is 1.58 bits per heavy atom. The number of nitrogens with zero attached hydrogens (tertiary/aromatic N) is 4. The van der Waals surface area contributed by atoms with E-state index in [2.05, 4.69) is 78.9 Å². The van der Waals surface area contributed by atoms with Crippen molar-refractivity contribution < 1.29 is 13.3 Å². The summed E-state index contributed by atoms with van der Waals surface area (Å²) < 4.78 is 18.2. The first kappa shape index (κ1) is 20.8. The number of aromatic nitrogens is 4. The van der Waals surface area contributed by atoms with Gasteiger partial charge in [-0.25, -0.2) is 4.98 Å². The molecule has 0 saturated heterocycles. The fraction of sp³-hybridized carbons (Fsp3) is 0.625. The Hall–Kier alpha value is -1.53. The number of hydrogen-bond acceptors (Lipinski definition) is 7. The van der Waals surface area contributed by atoms with Gasteiger partial charge in [-0.2, -0.15) is 15.0 Å². The molecule has 0 aromatic carbocycles. The Labute approximate surface area is 158 Å². The van der Waals surface area contributed by atoms with Crippen LogP contribution in [-0.2, 0) is 0 Å². The van der Waals surface area contributed by atoms with Crippen LogP contribution < -0.4 is 13.3 Å². The Bertz CT molecular complexity index is 811. The number of hydrogen-bond donors (Lipinski definition) is 0. The van der Waals surface area contributed by atoms with E-state index in [1.165, 1.54) is 0 Å². The molecule has 10 heteroatoms. The molecule has 0 aliphatic heterocycles. The Balaban J connectivity index is 2.64. The van der Waals surface area contributed by atoms with Crippen molar-refractivity contribution in [3.8, 4) is 17.8 Å². The summed E-state index contributed by atoms with van der Waals surface area (Å²) in [5.74, 6) is 0.964. The SMILES string of the molecule is Cc1nc2c(O[Si](C)(C)C)nc(O[Si](C)(C)C)nc2nc1O[Si](C)(C)C. The zero-order chi connectivity index (χ0) is 19.9. The first-order valence-corrected chi connectivity index (χ1v) is 19.0. The predicted octanol–water partition coefficient (Wildman–Crippen LogP) is 4.37. The van der Waals surface area contributed by atoms with Crippen LogP contribution in [0.2, 0.25) is 58.9 Å². The van der Waals surface area contributed by atoms with Crippen molar-refractivity contribution in [3.63, 3.8) is 0 Å². The molecule has 2 rings (SSSR count). The lowest BCUT2D eigenvalue weighted by molar-refractivity contribution is 0.479. The molecule has 2 heterocycles. The van der Waals surface area contributed by atoms with Gasteiger partial charge in [-0.15, -0.1) is 0 Å². The summed E-state index contributed by atoms with van der Waals surface area (Å²) in [6, 6.07) is 0.294. The van der Waals surface area contributed by atoms with Gasteiger partial charge in [0, 0.05) is 0 Å². The van der Waals surface area contributed by atoms with Gasteiger partial charge >= 0.3 is 6.01 Å². The minimum absolute atomic E-state index is 0.294. The molecule has 0 fully saturated rings. The molecule has 0 radical (unpaired) electrons. The highest BCUT2D eigenvalue weighted by Gasteiger charge is 2.26. The van der Waals surface area contributed by atoms with Crippen LogP contribution >= 0.6 is 0 Å². The van der Waals surface area contributed by atoms with Gasteiger partial charge in [0.15, 0.2) is 11.2 Å². The van der Waals surface area contributed by atoms with E-state index >= 15 is 0 Å². The second-order valence-electron chi connectivity index (χ2n) is 9.24.